The first-order chi connectivity index (χ1) is 10.2. The van der Waals surface area contributed by atoms with Crippen molar-refractivity contribution in [3.8, 4) is 0 Å². The van der Waals surface area contributed by atoms with Crippen molar-refractivity contribution in [2.24, 2.45) is 0 Å². The minimum absolute atomic E-state index is 0.409. The van der Waals surface area contributed by atoms with Gasteiger partial charge in [0.15, 0.2) is 0 Å². The van der Waals surface area contributed by atoms with Crippen LogP contribution in [0.15, 0.2) is 17.8 Å². The second-order valence-electron chi connectivity index (χ2n) is 6.03. The number of rotatable bonds is 1. The number of likely N-dealkylation sites (N-methyl/N-ethyl adjacent to an activating group) is 1. The molecule has 0 saturated heterocycles. The minimum Gasteiger partial charge on any atom is -0.349 e. The summed E-state index contributed by atoms with van der Waals surface area (Å²) in [7, 11) is 2.18. The van der Waals surface area contributed by atoms with E-state index in [1.54, 1.807) is 11.2 Å². The van der Waals surface area contributed by atoms with Gasteiger partial charge in [0.05, 0.1) is 11.7 Å². The number of thiophene rings is 1. The fourth-order valence-electron chi connectivity index (χ4n) is 3.51. The van der Waals surface area contributed by atoms with Gasteiger partial charge in [0.1, 0.15) is 12.1 Å². The zero-order valence-electron chi connectivity index (χ0n) is 12.5. The maximum Gasteiger partial charge on any atom is 0.137 e. The van der Waals surface area contributed by atoms with E-state index in [0.29, 0.717) is 6.04 Å². The minimum atomic E-state index is 0.409. The molecule has 0 bridgehead atoms. The van der Waals surface area contributed by atoms with E-state index in [1.165, 1.54) is 16.8 Å². The highest BCUT2D eigenvalue weighted by molar-refractivity contribution is 7.10. The normalized spacial score (nSPS) is 22.0. The van der Waals surface area contributed by atoms with Crippen molar-refractivity contribution < 1.29 is 0 Å². The fraction of sp³-hybridized carbons (Fsp3) is 0.500. The molecular weight excluding hydrogens is 280 g/mol. The lowest BCUT2D eigenvalue weighted by atomic mass is 9.99. The van der Waals surface area contributed by atoms with Crippen LogP contribution < -0.4 is 4.90 Å². The Hall–Kier alpha value is -1.46. The quantitative estimate of drug-likeness (QED) is 0.810. The lowest BCUT2D eigenvalue weighted by Crippen LogP contribution is -2.37. The Balaban J connectivity index is 1.75. The molecule has 0 spiro atoms. The van der Waals surface area contributed by atoms with Gasteiger partial charge >= 0.3 is 0 Å². The summed E-state index contributed by atoms with van der Waals surface area (Å²) in [6.45, 7) is 5.41. The predicted molar refractivity (Wildman–Crippen MR) is 85.9 cm³/mol. The Kier molecular flexibility index (Phi) is 3.19. The van der Waals surface area contributed by atoms with Crippen LogP contribution in [0.4, 0.5) is 5.82 Å². The summed E-state index contributed by atoms with van der Waals surface area (Å²) < 4.78 is 0. The average molecular weight is 300 g/mol. The molecule has 2 aliphatic heterocycles. The zero-order chi connectivity index (χ0) is 14.4. The van der Waals surface area contributed by atoms with Gasteiger partial charge in [-0.2, -0.15) is 0 Å². The molecular formula is C16H20N4S. The van der Waals surface area contributed by atoms with Crippen molar-refractivity contribution in [3.63, 3.8) is 0 Å². The molecule has 2 aliphatic rings. The van der Waals surface area contributed by atoms with Gasteiger partial charge < -0.3 is 9.80 Å². The van der Waals surface area contributed by atoms with Crippen LogP contribution in [0.2, 0.25) is 0 Å². The van der Waals surface area contributed by atoms with E-state index < -0.39 is 0 Å². The highest BCUT2D eigenvalue weighted by Gasteiger charge is 2.29. The predicted octanol–water partition coefficient (Wildman–Crippen LogP) is 2.65. The fourth-order valence-corrected chi connectivity index (χ4v) is 4.47. The van der Waals surface area contributed by atoms with Gasteiger partial charge in [-0.3, -0.25) is 0 Å². The lowest BCUT2D eigenvalue weighted by molar-refractivity contribution is 0.309. The van der Waals surface area contributed by atoms with Crippen LogP contribution in [0.3, 0.4) is 0 Å². The summed E-state index contributed by atoms with van der Waals surface area (Å²) in [5, 5.41) is 2.22. The van der Waals surface area contributed by atoms with Gasteiger partial charge in [0.25, 0.3) is 0 Å². The Labute approximate surface area is 129 Å². The highest BCUT2D eigenvalue weighted by atomic mass is 32.1. The van der Waals surface area contributed by atoms with Crippen LogP contribution >= 0.6 is 11.3 Å². The van der Waals surface area contributed by atoms with E-state index >= 15 is 0 Å². The van der Waals surface area contributed by atoms with Gasteiger partial charge in [-0.1, -0.05) is 0 Å². The molecule has 0 fully saturated rings. The van der Waals surface area contributed by atoms with Gasteiger partial charge in [-0.25, -0.2) is 9.97 Å². The number of hydrogen-bond acceptors (Lipinski definition) is 5. The SMILES string of the molecule is C[C@@H]1c2ccsc2CCN1c1ncnc2c1CN(C)CC2. The Bertz CT molecular complexity index is 666. The maximum absolute atomic E-state index is 4.65. The van der Waals surface area contributed by atoms with E-state index in [4.69, 9.17) is 0 Å². The molecule has 0 amide bonds. The lowest BCUT2D eigenvalue weighted by Gasteiger charge is -2.37. The summed E-state index contributed by atoms with van der Waals surface area (Å²) >= 11 is 1.89. The Morgan fingerprint density at radius 1 is 1.24 bits per heavy atom. The van der Waals surface area contributed by atoms with Crippen LogP contribution in [0.25, 0.3) is 0 Å². The summed E-state index contributed by atoms with van der Waals surface area (Å²) in [5.41, 5.74) is 4.04. The van der Waals surface area contributed by atoms with Crippen LogP contribution in [0.5, 0.6) is 0 Å². The number of hydrogen-bond donors (Lipinski definition) is 0. The molecule has 4 heterocycles. The van der Waals surface area contributed by atoms with E-state index in [1.807, 2.05) is 11.3 Å². The molecule has 2 aromatic heterocycles. The molecule has 1 atom stereocenters. The smallest absolute Gasteiger partial charge is 0.137 e. The van der Waals surface area contributed by atoms with Crippen LogP contribution in [0.1, 0.15) is 34.7 Å². The van der Waals surface area contributed by atoms with Crippen molar-refractivity contribution >= 4 is 17.2 Å². The van der Waals surface area contributed by atoms with Crippen LogP contribution in [-0.2, 0) is 19.4 Å². The third-order valence-corrected chi connectivity index (χ3v) is 5.72. The first-order valence-corrected chi connectivity index (χ1v) is 8.46. The van der Waals surface area contributed by atoms with Gasteiger partial charge in [-0.15, -0.1) is 11.3 Å². The molecule has 110 valence electrons. The molecule has 5 heteroatoms. The molecule has 0 unspecified atom stereocenters. The van der Waals surface area contributed by atoms with Gasteiger partial charge in [-0.05, 0) is 37.4 Å². The molecule has 0 saturated carbocycles. The van der Waals surface area contributed by atoms with Crippen molar-refractivity contribution in [3.05, 3.63) is 39.5 Å². The topological polar surface area (TPSA) is 32.3 Å². The van der Waals surface area contributed by atoms with Gasteiger partial charge in [0, 0.05) is 36.5 Å². The number of fused-ring (bicyclic) bond motifs is 2. The third kappa shape index (κ3) is 2.15. The first-order valence-electron chi connectivity index (χ1n) is 7.58. The molecule has 21 heavy (non-hydrogen) atoms. The summed E-state index contributed by atoms with van der Waals surface area (Å²) in [6.07, 6.45) is 3.91. The molecule has 0 aromatic carbocycles. The van der Waals surface area contributed by atoms with Crippen molar-refractivity contribution in [2.45, 2.75) is 32.4 Å². The van der Waals surface area contributed by atoms with Crippen LogP contribution in [-0.4, -0.2) is 35.0 Å². The monoisotopic (exact) mass is 300 g/mol. The second kappa shape index (κ2) is 5.07. The molecule has 0 N–H and O–H groups in total. The Morgan fingerprint density at radius 2 is 2.14 bits per heavy atom. The third-order valence-electron chi connectivity index (χ3n) is 4.72. The highest BCUT2D eigenvalue weighted by Crippen LogP contribution is 2.37. The second-order valence-corrected chi connectivity index (χ2v) is 7.03. The van der Waals surface area contributed by atoms with E-state index in [9.17, 15) is 0 Å². The van der Waals surface area contributed by atoms with Gasteiger partial charge in [0.2, 0.25) is 0 Å². The average Bonchev–Trinajstić information content (AvgIpc) is 2.97. The molecule has 2 aromatic rings. The molecule has 0 radical (unpaired) electrons. The molecule has 0 aliphatic carbocycles. The molecule has 4 nitrogen and oxygen atoms in total. The van der Waals surface area contributed by atoms with E-state index in [-0.39, 0.29) is 0 Å². The Morgan fingerprint density at radius 3 is 3.05 bits per heavy atom. The van der Waals surface area contributed by atoms with Crippen LogP contribution in [0, 0.1) is 0 Å². The van der Waals surface area contributed by atoms with Crippen molar-refractivity contribution in [1.82, 2.24) is 14.9 Å². The van der Waals surface area contributed by atoms with E-state index in [2.05, 4.69) is 45.2 Å². The summed E-state index contributed by atoms with van der Waals surface area (Å²) in [6, 6.07) is 2.68. The van der Waals surface area contributed by atoms with E-state index in [0.717, 1.165) is 38.3 Å². The van der Waals surface area contributed by atoms with Crippen molar-refractivity contribution in [2.75, 3.05) is 25.0 Å². The zero-order valence-corrected chi connectivity index (χ0v) is 13.4. The number of anilines is 1. The van der Waals surface area contributed by atoms with Crippen molar-refractivity contribution in [1.29, 1.82) is 0 Å². The summed E-state index contributed by atoms with van der Waals surface area (Å²) in [5.74, 6) is 1.15. The molecule has 4 rings (SSSR count). The number of aromatic nitrogens is 2. The largest absolute Gasteiger partial charge is 0.349 e. The number of nitrogens with zero attached hydrogens (tertiary/aromatic N) is 4. The maximum atomic E-state index is 4.65. The first kappa shape index (κ1) is 13.2. The standard InChI is InChI=1S/C16H20N4S/c1-11-12-5-8-21-15(12)4-7-20(11)16-13-9-19(2)6-3-14(13)17-10-18-16/h5,8,10-11H,3-4,6-7,9H2,1-2H3/t11-/m1/s1. The summed E-state index contributed by atoms with van der Waals surface area (Å²) in [4.78, 5) is 15.5.